The van der Waals surface area contributed by atoms with E-state index in [9.17, 15) is 23.1 Å². The van der Waals surface area contributed by atoms with Crippen LogP contribution in [-0.4, -0.2) is 45.4 Å². The summed E-state index contributed by atoms with van der Waals surface area (Å²) in [5, 5.41) is 21.7. The van der Waals surface area contributed by atoms with Crippen molar-refractivity contribution < 1.29 is 32.9 Å². The molecule has 0 radical (unpaired) electrons. The number of nitrogens with one attached hydrogen (secondary N) is 1. The zero-order valence-corrected chi connectivity index (χ0v) is 18.2. The van der Waals surface area contributed by atoms with Gasteiger partial charge >= 0.3 is 6.18 Å². The minimum Gasteiger partial charge on any atom is -0.475 e. The molecule has 0 bridgehead atoms. The molecule has 4 aromatic rings. The van der Waals surface area contributed by atoms with Gasteiger partial charge in [0, 0.05) is 17.0 Å². The number of aliphatic hydroxyl groups is 2. The number of carbonyl (C=O) groups excluding carboxylic acids is 1. The van der Waals surface area contributed by atoms with Crippen molar-refractivity contribution in [3.05, 3.63) is 84.1 Å². The van der Waals surface area contributed by atoms with Gasteiger partial charge in [0.1, 0.15) is 18.4 Å². The molecule has 1 atom stereocenters. The molecule has 2 aromatic heterocycles. The highest BCUT2D eigenvalue weighted by Crippen LogP contribution is 2.33. The number of anilines is 1. The first kappa shape index (κ1) is 24.1. The van der Waals surface area contributed by atoms with E-state index in [4.69, 9.17) is 9.84 Å². The van der Waals surface area contributed by atoms with Gasteiger partial charge in [-0.1, -0.05) is 36.4 Å². The van der Waals surface area contributed by atoms with E-state index in [0.29, 0.717) is 27.8 Å². The van der Waals surface area contributed by atoms with Crippen LogP contribution >= 0.6 is 0 Å². The lowest BCUT2D eigenvalue weighted by Gasteiger charge is -2.12. The molecule has 10 heteroatoms. The fourth-order valence-corrected chi connectivity index (χ4v) is 3.31. The predicted octanol–water partition coefficient (Wildman–Crippen LogP) is 4.30. The van der Waals surface area contributed by atoms with E-state index in [-0.39, 0.29) is 18.2 Å². The van der Waals surface area contributed by atoms with E-state index >= 15 is 0 Å². The van der Waals surface area contributed by atoms with Crippen LogP contribution in [0.25, 0.3) is 22.2 Å². The lowest BCUT2D eigenvalue weighted by atomic mass is 10.1. The van der Waals surface area contributed by atoms with Gasteiger partial charge in [0.05, 0.1) is 29.1 Å². The molecule has 180 valence electrons. The Balaban J connectivity index is 1.62. The van der Waals surface area contributed by atoms with Gasteiger partial charge in [-0.3, -0.25) is 4.79 Å². The first-order chi connectivity index (χ1) is 16.7. The molecule has 3 N–H and O–H groups in total. The summed E-state index contributed by atoms with van der Waals surface area (Å²) in [6, 6.07) is 17.8. The zero-order valence-electron chi connectivity index (χ0n) is 18.2. The van der Waals surface area contributed by atoms with Crippen LogP contribution in [0.1, 0.15) is 16.1 Å². The van der Waals surface area contributed by atoms with E-state index in [1.165, 1.54) is 24.3 Å². The van der Waals surface area contributed by atoms with Gasteiger partial charge in [-0.2, -0.15) is 13.2 Å². The number of para-hydroxylation sites is 1. The molecule has 0 fully saturated rings. The number of benzene rings is 2. The maximum Gasteiger partial charge on any atom is 0.416 e. The van der Waals surface area contributed by atoms with E-state index in [0.717, 1.165) is 12.1 Å². The Bertz CT molecular complexity index is 1360. The number of hydrogen-bond acceptors (Lipinski definition) is 6. The summed E-state index contributed by atoms with van der Waals surface area (Å²) in [6.07, 6.45) is -5.56. The Morgan fingerprint density at radius 1 is 1.00 bits per heavy atom. The van der Waals surface area contributed by atoms with E-state index in [1.807, 2.05) is 0 Å². The second kappa shape index (κ2) is 10.1. The number of aromatic nitrogens is 2. The van der Waals surface area contributed by atoms with Crippen molar-refractivity contribution in [2.75, 3.05) is 18.5 Å². The number of pyridine rings is 2. The number of ether oxygens (including phenoxy) is 1. The lowest BCUT2D eigenvalue weighted by molar-refractivity contribution is -0.137. The number of aliphatic hydroxyl groups excluding tert-OH is 2. The fourth-order valence-electron chi connectivity index (χ4n) is 3.31. The lowest BCUT2D eigenvalue weighted by Crippen LogP contribution is -2.22. The minimum atomic E-state index is -4.48. The molecule has 1 amide bonds. The van der Waals surface area contributed by atoms with Gasteiger partial charge in [0.2, 0.25) is 5.88 Å². The Labute approximate surface area is 197 Å². The number of fused-ring (bicyclic) bond motifs is 1. The van der Waals surface area contributed by atoms with Gasteiger partial charge in [-0.05, 0) is 30.3 Å². The third-order valence-corrected chi connectivity index (χ3v) is 5.04. The summed E-state index contributed by atoms with van der Waals surface area (Å²) < 4.78 is 44.7. The molecule has 0 aliphatic heterocycles. The molecule has 35 heavy (non-hydrogen) atoms. The molecule has 4 rings (SSSR count). The van der Waals surface area contributed by atoms with Crippen molar-refractivity contribution in [2.24, 2.45) is 0 Å². The molecule has 0 spiro atoms. The molecular formula is C25H20F3N3O4. The maximum absolute atomic E-state index is 13.1. The summed E-state index contributed by atoms with van der Waals surface area (Å²) >= 11 is 0. The van der Waals surface area contributed by atoms with Crippen molar-refractivity contribution in [3.8, 4) is 17.1 Å². The quantitative estimate of drug-likeness (QED) is 0.362. The Hall–Kier alpha value is -4.02. The van der Waals surface area contributed by atoms with Crippen LogP contribution in [0.5, 0.6) is 5.88 Å². The predicted molar refractivity (Wildman–Crippen MR) is 123 cm³/mol. The third kappa shape index (κ3) is 5.73. The summed E-state index contributed by atoms with van der Waals surface area (Å²) in [6.45, 7) is -0.670. The highest BCUT2D eigenvalue weighted by Gasteiger charge is 2.30. The number of nitrogens with zero attached hydrogens (tertiary/aromatic N) is 2. The maximum atomic E-state index is 13.1. The Morgan fingerprint density at radius 2 is 1.77 bits per heavy atom. The molecule has 0 saturated carbocycles. The number of alkyl halides is 3. The van der Waals surface area contributed by atoms with Gasteiger partial charge in [0.15, 0.2) is 0 Å². The summed E-state index contributed by atoms with van der Waals surface area (Å²) in [5.41, 5.74) is 0.616. The largest absolute Gasteiger partial charge is 0.475 e. The smallest absolute Gasteiger partial charge is 0.416 e. The molecule has 0 aliphatic carbocycles. The monoisotopic (exact) mass is 483 g/mol. The van der Waals surface area contributed by atoms with Crippen molar-refractivity contribution >= 4 is 22.5 Å². The molecule has 0 saturated heterocycles. The van der Waals surface area contributed by atoms with Crippen LogP contribution in [0.4, 0.5) is 18.9 Å². The highest BCUT2D eigenvalue weighted by atomic mass is 19.4. The topological polar surface area (TPSA) is 105 Å². The Kier molecular flexibility index (Phi) is 6.94. The van der Waals surface area contributed by atoms with Crippen LogP contribution in [0.15, 0.2) is 72.8 Å². The van der Waals surface area contributed by atoms with Crippen LogP contribution in [0.3, 0.4) is 0 Å². The van der Waals surface area contributed by atoms with E-state index in [2.05, 4.69) is 15.3 Å². The standard InChI is InChI=1S/C25H20F3N3O4/c26-25(27,28)17-6-1-5-16(12-17)19-11-10-15-4-2-7-20(23(15)30-19)31-24(34)21-8-3-9-22(29-21)35-14-18(33)13-32/h1-12,18,32-33H,13-14H2,(H,31,34). The van der Waals surface area contributed by atoms with Gasteiger partial charge in [-0.25, -0.2) is 9.97 Å². The Morgan fingerprint density at radius 3 is 2.54 bits per heavy atom. The van der Waals surface area contributed by atoms with Crippen molar-refractivity contribution in [1.82, 2.24) is 9.97 Å². The minimum absolute atomic E-state index is 0.0343. The van der Waals surface area contributed by atoms with Gasteiger partial charge < -0.3 is 20.3 Å². The van der Waals surface area contributed by atoms with E-state index < -0.39 is 30.4 Å². The van der Waals surface area contributed by atoms with Crippen molar-refractivity contribution in [1.29, 1.82) is 0 Å². The number of amides is 1. The molecule has 2 aromatic carbocycles. The van der Waals surface area contributed by atoms with Crippen LogP contribution in [0, 0.1) is 0 Å². The molecule has 1 unspecified atom stereocenters. The fraction of sp³-hybridized carbons (Fsp3) is 0.160. The molecular weight excluding hydrogens is 463 g/mol. The summed E-state index contributed by atoms with van der Waals surface area (Å²) in [4.78, 5) is 21.5. The average molecular weight is 483 g/mol. The van der Waals surface area contributed by atoms with Crippen molar-refractivity contribution in [2.45, 2.75) is 12.3 Å². The first-order valence-electron chi connectivity index (χ1n) is 10.5. The molecule has 2 heterocycles. The molecule has 7 nitrogen and oxygen atoms in total. The summed E-state index contributed by atoms with van der Waals surface area (Å²) in [7, 11) is 0. The SMILES string of the molecule is O=C(Nc1cccc2ccc(-c3cccc(C(F)(F)F)c3)nc12)c1cccc(OCC(O)CO)n1. The summed E-state index contributed by atoms with van der Waals surface area (Å²) in [5.74, 6) is -0.468. The average Bonchev–Trinajstić information content (AvgIpc) is 2.87. The van der Waals surface area contributed by atoms with Crippen LogP contribution in [0.2, 0.25) is 0 Å². The van der Waals surface area contributed by atoms with Crippen molar-refractivity contribution in [3.63, 3.8) is 0 Å². The van der Waals surface area contributed by atoms with Gasteiger partial charge in [-0.15, -0.1) is 0 Å². The number of rotatable bonds is 7. The second-order valence-electron chi connectivity index (χ2n) is 7.61. The van der Waals surface area contributed by atoms with Gasteiger partial charge in [0.25, 0.3) is 5.91 Å². The number of hydrogen-bond donors (Lipinski definition) is 3. The number of carbonyl (C=O) groups is 1. The second-order valence-corrected chi connectivity index (χ2v) is 7.61. The third-order valence-electron chi connectivity index (χ3n) is 5.04. The normalized spacial score (nSPS) is 12.4. The van der Waals surface area contributed by atoms with E-state index in [1.54, 1.807) is 36.4 Å². The highest BCUT2D eigenvalue weighted by molar-refractivity contribution is 6.07. The first-order valence-corrected chi connectivity index (χ1v) is 10.5. The number of halogens is 3. The molecule has 0 aliphatic rings. The van der Waals surface area contributed by atoms with Crippen LogP contribution in [-0.2, 0) is 6.18 Å². The van der Waals surface area contributed by atoms with Crippen LogP contribution < -0.4 is 10.1 Å². The zero-order chi connectivity index (χ0) is 25.0.